The van der Waals surface area contributed by atoms with Crippen LogP contribution in [0, 0.1) is 0 Å². The predicted molar refractivity (Wildman–Crippen MR) is 88.8 cm³/mol. The van der Waals surface area contributed by atoms with Crippen molar-refractivity contribution in [3.63, 3.8) is 0 Å². The lowest BCUT2D eigenvalue weighted by atomic mass is 10.1. The number of nitrogens with one attached hydrogen (secondary N) is 1. The van der Waals surface area contributed by atoms with Crippen molar-refractivity contribution in [1.29, 1.82) is 0 Å². The first kappa shape index (κ1) is 14.4. The molecule has 6 heteroatoms. The van der Waals surface area contributed by atoms with Crippen LogP contribution in [0.5, 0.6) is 5.75 Å². The van der Waals surface area contributed by atoms with E-state index in [0.29, 0.717) is 11.5 Å². The third kappa shape index (κ3) is 2.90. The standard InChI is InChI=1S/C16H21N5O/c1-22-13-8-4-3-7-12(13)20-15-14(17)16(19-11-18-15)21-9-5-2-6-10-21/h3-4,7-8,11H,2,5-6,9-10,17H2,1H3,(H,18,19,20). The molecule has 0 saturated carbocycles. The van der Waals surface area contributed by atoms with Gasteiger partial charge in [0.1, 0.15) is 17.8 Å². The summed E-state index contributed by atoms with van der Waals surface area (Å²) in [6, 6.07) is 7.69. The molecule has 1 aliphatic rings. The highest BCUT2D eigenvalue weighted by molar-refractivity contribution is 5.79. The molecular weight excluding hydrogens is 278 g/mol. The Labute approximate surface area is 130 Å². The molecule has 3 rings (SSSR count). The van der Waals surface area contributed by atoms with E-state index in [1.165, 1.54) is 19.3 Å². The molecule has 0 atom stereocenters. The van der Waals surface area contributed by atoms with E-state index >= 15 is 0 Å². The molecule has 1 aromatic heterocycles. The molecule has 0 unspecified atom stereocenters. The molecule has 0 spiro atoms. The molecule has 0 bridgehead atoms. The summed E-state index contributed by atoms with van der Waals surface area (Å²) in [7, 11) is 1.64. The number of aromatic nitrogens is 2. The average molecular weight is 299 g/mol. The Kier molecular flexibility index (Phi) is 4.27. The zero-order valence-electron chi connectivity index (χ0n) is 12.7. The third-order valence-corrected chi connectivity index (χ3v) is 3.88. The molecule has 1 saturated heterocycles. The van der Waals surface area contributed by atoms with Gasteiger partial charge in [-0.1, -0.05) is 12.1 Å². The Hall–Kier alpha value is -2.50. The van der Waals surface area contributed by atoms with Crippen LogP contribution in [0.15, 0.2) is 30.6 Å². The summed E-state index contributed by atoms with van der Waals surface area (Å²) >= 11 is 0. The minimum Gasteiger partial charge on any atom is -0.495 e. The molecule has 1 aliphatic heterocycles. The van der Waals surface area contributed by atoms with Crippen molar-refractivity contribution in [3.8, 4) is 5.75 Å². The van der Waals surface area contributed by atoms with E-state index < -0.39 is 0 Å². The summed E-state index contributed by atoms with van der Waals surface area (Å²) in [4.78, 5) is 10.9. The van der Waals surface area contributed by atoms with Crippen LogP contribution in [0.4, 0.5) is 23.0 Å². The van der Waals surface area contributed by atoms with E-state index in [1.54, 1.807) is 13.4 Å². The van der Waals surface area contributed by atoms with E-state index in [0.717, 1.165) is 30.3 Å². The minimum absolute atomic E-state index is 0.579. The van der Waals surface area contributed by atoms with Gasteiger partial charge in [-0.15, -0.1) is 0 Å². The van der Waals surface area contributed by atoms with Crippen LogP contribution < -0.4 is 20.7 Å². The van der Waals surface area contributed by atoms with Crippen molar-refractivity contribution in [2.45, 2.75) is 19.3 Å². The molecule has 2 heterocycles. The number of hydrogen-bond acceptors (Lipinski definition) is 6. The zero-order chi connectivity index (χ0) is 15.4. The van der Waals surface area contributed by atoms with Gasteiger partial charge in [0.15, 0.2) is 11.6 Å². The second-order valence-corrected chi connectivity index (χ2v) is 5.33. The number of para-hydroxylation sites is 2. The smallest absolute Gasteiger partial charge is 0.159 e. The minimum atomic E-state index is 0.579. The first-order valence-corrected chi connectivity index (χ1v) is 7.55. The third-order valence-electron chi connectivity index (χ3n) is 3.88. The SMILES string of the molecule is COc1ccccc1Nc1ncnc(N2CCCCC2)c1N. The van der Waals surface area contributed by atoms with Crippen molar-refractivity contribution in [3.05, 3.63) is 30.6 Å². The lowest BCUT2D eigenvalue weighted by Gasteiger charge is -2.29. The fourth-order valence-corrected chi connectivity index (χ4v) is 2.72. The van der Waals surface area contributed by atoms with Gasteiger partial charge in [-0.3, -0.25) is 0 Å². The lowest BCUT2D eigenvalue weighted by molar-refractivity contribution is 0.417. The average Bonchev–Trinajstić information content (AvgIpc) is 2.58. The highest BCUT2D eigenvalue weighted by Gasteiger charge is 2.18. The summed E-state index contributed by atoms with van der Waals surface area (Å²) in [6.07, 6.45) is 5.18. The first-order chi connectivity index (χ1) is 10.8. The molecule has 1 fully saturated rings. The molecule has 2 aromatic rings. The fraction of sp³-hybridized carbons (Fsp3) is 0.375. The second-order valence-electron chi connectivity index (χ2n) is 5.33. The zero-order valence-corrected chi connectivity index (χ0v) is 12.7. The monoisotopic (exact) mass is 299 g/mol. The van der Waals surface area contributed by atoms with Crippen molar-refractivity contribution < 1.29 is 4.74 Å². The number of ether oxygens (including phenoxy) is 1. The normalized spacial score (nSPS) is 14.7. The van der Waals surface area contributed by atoms with Crippen LogP contribution >= 0.6 is 0 Å². The summed E-state index contributed by atoms with van der Waals surface area (Å²) < 4.78 is 5.35. The molecule has 6 nitrogen and oxygen atoms in total. The van der Waals surface area contributed by atoms with Gasteiger partial charge >= 0.3 is 0 Å². The van der Waals surface area contributed by atoms with Crippen molar-refractivity contribution >= 4 is 23.0 Å². The number of hydrogen-bond donors (Lipinski definition) is 2. The largest absolute Gasteiger partial charge is 0.495 e. The van der Waals surface area contributed by atoms with Crippen LogP contribution in [0.1, 0.15) is 19.3 Å². The van der Waals surface area contributed by atoms with Crippen molar-refractivity contribution in [1.82, 2.24) is 9.97 Å². The number of rotatable bonds is 4. The van der Waals surface area contributed by atoms with Gasteiger partial charge < -0.3 is 20.7 Å². The van der Waals surface area contributed by atoms with Crippen LogP contribution in [-0.2, 0) is 0 Å². The summed E-state index contributed by atoms with van der Waals surface area (Å²) in [5.41, 5.74) is 7.70. The van der Waals surface area contributed by atoms with Gasteiger partial charge in [-0.2, -0.15) is 0 Å². The second kappa shape index (κ2) is 6.51. The summed E-state index contributed by atoms with van der Waals surface area (Å²) in [6.45, 7) is 1.99. The molecule has 0 amide bonds. The number of anilines is 4. The molecular formula is C16H21N5O. The number of nitrogens with two attached hydrogens (primary N) is 1. The van der Waals surface area contributed by atoms with Crippen LogP contribution in [0.25, 0.3) is 0 Å². The molecule has 0 aliphatic carbocycles. The number of nitrogens with zero attached hydrogens (tertiary/aromatic N) is 3. The molecule has 116 valence electrons. The quantitative estimate of drug-likeness (QED) is 0.904. The molecule has 1 aromatic carbocycles. The van der Waals surface area contributed by atoms with Gasteiger partial charge in [-0.05, 0) is 31.4 Å². The van der Waals surface area contributed by atoms with E-state index in [-0.39, 0.29) is 0 Å². The Balaban J connectivity index is 1.88. The Bertz CT molecular complexity index is 640. The molecule has 0 radical (unpaired) electrons. The fourth-order valence-electron chi connectivity index (χ4n) is 2.72. The van der Waals surface area contributed by atoms with Gasteiger partial charge in [0, 0.05) is 13.1 Å². The molecule has 3 N–H and O–H groups in total. The van der Waals surface area contributed by atoms with Crippen LogP contribution in [0.3, 0.4) is 0 Å². The Morgan fingerprint density at radius 1 is 1.14 bits per heavy atom. The number of piperidine rings is 1. The van der Waals surface area contributed by atoms with Crippen LogP contribution in [-0.4, -0.2) is 30.2 Å². The number of benzene rings is 1. The predicted octanol–water partition coefficient (Wildman–Crippen LogP) is 2.80. The maximum absolute atomic E-state index is 6.28. The highest BCUT2D eigenvalue weighted by atomic mass is 16.5. The van der Waals surface area contributed by atoms with Gasteiger partial charge in [0.2, 0.25) is 0 Å². The Morgan fingerprint density at radius 3 is 2.68 bits per heavy atom. The van der Waals surface area contributed by atoms with Gasteiger partial charge in [0.05, 0.1) is 12.8 Å². The number of methoxy groups -OCH3 is 1. The Morgan fingerprint density at radius 2 is 1.91 bits per heavy atom. The maximum Gasteiger partial charge on any atom is 0.159 e. The summed E-state index contributed by atoms with van der Waals surface area (Å²) in [5.74, 6) is 2.17. The van der Waals surface area contributed by atoms with Crippen molar-refractivity contribution in [2.24, 2.45) is 0 Å². The van der Waals surface area contributed by atoms with Crippen LogP contribution in [0.2, 0.25) is 0 Å². The first-order valence-electron chi connectivity index (χ1n) is 7.55. The van der Waals surface area contributed by atoms with E-state index in [2.05, 4.69) is 20.2 Å². The number of nitrogen functional groups attached to an aromatic ring is 1. The molecule has 22 heavy (non-hydrogen) atoms. The van der Waals surface area contributed by atoms with Gasteiger partial charge in [-0.25, -0.2) is 9.97 Å². The van der Waals surface area contributed by atoms with Gasteiger partial charge in [0.25, 0.3) is 0 Å². The highest BCUT2D eigenvalue weighted by Crippen LogP contribution is 2.32. The lowest BCUT2D eigenvalue weighted by Crippen LogP contribution is -2.31. The summed E-state index contributed by atoms with van der Waals surface area (Å²) in [5, 5.41) is 3.24. The topological polar surface area (TPSA) is 76.3 Å². The van der Waals surface area contributed by atoms with E-state index in [9.17, 15) is 0 Å². The van der Waals surface area contributed by atoms with E-state index in [1.807, 2.05) is 24.3 Å². The maximum atomic E-state index is 6.28. The van der Waals surface area contributed by atoms with E-state index in [4.69, 9.17) is 10.5 Å². The van der Waals surface area contributed by atoms with Crippen molar-refractivity contribution in [2.75, 3.05) is 36.1 Å².